The standard InChI is InChI=1S/C17H25N3O4/c1-17(2,3)24-15(22)13-9-12(7-8-18-13)20-16(23)19-10-11-5-4-6-14(11)21/h7-9,11,14,21H,4-6,10H2,1-3H3,(H2,18,19,20,23). The molecular weight excluding hydrogens is 310 g/mol. The van der Waals surface area contributed by atoms with E-state index in [0.29, 0.717) is 12.2 Å². The summed E-state index contributed by atoms with van der Waals surface area (Å²) in [7, 11) is 0. The first-order valence-electron chi connectivity index (χ1n) is 8.17. The largest absolute Gasteiger partial charge is 0.455 e. The van der Waals surface area contributed by atoms with Crippen LogP contribution in [0.15, 0.2) is 18.3 Å². The van der Waals surface area contributed by atoms with Crippen molar-refractivity contribution in [2.24, 2.45) is 5.92 Å². The van der Waals surface area contributed by atoms with E-state index in [-0.39, 0.29) is 23.7 Å². The van der Waals surface area contributed by atoms with Crippen molar-refractivity contribution in [3.05, 3.63) is 24.0 Å². The highest BCUT2D eigenvalue weighted by molar-refractivity contribution is 5.92. The average Bonchev–Trinajstić information content (AvgIpc) is 2.89. The van der Waals surface area contributed by atoms with Crippen LogP contribution in [0.2, 0.25) is 0 Å². The zero-order chi connectivity index (χ0) is 17.7. The minimum absolute atomic E-state index is 0.102. The van der Waals surface area contributed by atoms with E-state index in [1.807, 2.05) is 0 Å². The normalized spacial score (nSPS) is 20.5. The summed E-state index contributed by atoms with van der Waals surface area (Å²) in [6, 6.07) is 2.69. The van der Waals surface area contributed by atoms with Gasteiger partial charge in [-0.25, -0.2) is 14.6 Å². The van der Waals surface area contributed by atoms with E-state index in [9.17, 15) is 14.7 Å². The van der Waals surface area contributed by atoms with Crippen molar-refractivity contribution in [1.29, 1.82) is 0 Å². The molecule has 3 N–H and O–H groups in total. The second-order valence-corrected chi connectivity index (χ2v) is 7.03. The molecule has 1 aromatic rings. The lowest BCUT2D eigenvalue weighted by atomic mass is 10.1. The Morgan fingerprint density at radius 3 is 2.75 bits per heavy atom. The Hall–Kier alpha value is -2.15. The van der Waals surface area contributed by atoms with Gasteiger partial charge in [0.15, 0.2) is 0 Å². The molecule has 1 aliphatic rings. The third kappa shape index (κ3) is 5.49. The third-order valence-electron chi connectivity index (χ3n) is 3.77. The van der Waals surface area contributed by atoms with Crippen LogP contribution in [-0.4, -0.2) is 40.3 Å². The summed E-state index contributed by atoms with van der Waals surface area (Å²) in [6.45, 7) is 5.75. The van der Waals surface area contributed by atoms with Crippen molar-refractivity contribution in [3.8, 4) is 0 Å². The molecule has 0 saturated heterocycles. The number of esters is 1. The monoisotopic (exact) mass is 335 g/mol. The lowest BCUT2D eigenvalue weighted by Crippen LogP contribution is -2.35. The summed E-state index contributed by atoms with van der Waals surface area (Å²) in [5.41, 5.74) is -0.0221. The fraction of sp³-hybridized carbons (Fsp3) is 0.588. The summed E-state index contributed by atoms with van der Waals surface area (Å²) >= 11 is 0. The number of nitrogens with zero attached hydrogens (tertiary/aromatic N) is 1. The van der Waals surface area contributed by atoms with Gasteiger partial charge in [0.05, 0.1) is 6.10 Å². The Kier molecular flexibility index (Phi) is 5.77. The molecule has 24 heavy (non-hydrogen) atoms. The Morgan fingerprint density at radius 1 is 1.38 bits per heavy atom. The van der Waals surface area contributed by atoms with Gasteiger partial charge in [-0.3, -0.25) is 0 Å². The second kappa shape index (κ2) is 7.61. The maximum Gasteiger partial charge on any atom is 0.357 e. The first-order valence-corrected chi connectivity index (χ1v) is 8.17. The van der Waals surface area contributed by atoms with E-state index >= 15 is 0 Å². The van der Waals surface area contributed by atoms with Crippen LogP contribution < -0.4 is 10.6 Å². The van der Waals surface area contributed by atoms with E-state index in [0.717, 1.165) is 19.3 Å². The van der Waals surface area contributed by atoms with Crippen LogP contribution in [0.5, 0.6) is 0 Å². The molecule has 1 aromatic heterocycles. The summed E-state index contributed by atoms with van der Waals surface area (Å²) in [5, 5.41) is 15.2. The maximum absolute atomic E-state index is 12.0. The Labute approximate surface area is 141 Å². The molecule has 1 saturated carbocycles. The second-order valence-electron chi connectivity index (χ2n) is 7.03. The number of aliphatic hydroxyl groups excluding tert-OH is 1. The zero-order valence-corrected chi connectivity index (χ0v) is 14.3. The van der Waals surface area contributed by atoms with Crippen molar-refractivity contribution >= 4 is 17.7 Å². The minimum Gasteiger partial charge on any atom is -0.455 e. The van der Waals surface area contributed by atoms with Crippen molar-refractivity contribution in [2.45, 2.75) is 51.7 Å². The molecule has 1 aliphatic carbocycles. The number of pyridine rings is 1. The lowest BCUT2D eigenvalue weighted by Gasteiger charge is -2.19. The highest BCUT2D eigenvalue weighted by Crippen LogP contribution is 2.24. The van der Waals surface area contributed by atoms with E-state index < -0.39 is 11.6 Å². The Bertz CT molecular complexity index is 598. The van der Waals surface area contributed by atoms with Crippen LogP contribution in [0.1, 0.15) is 50.5 Å². The first kappa shape index (κ1) is 18.2. The number of aromatic nitrogens is 1. The molecule has 2 atom stereocenters. The van der Waals surface area contributed by atoms with Crippen molar-refractivity contribution in [3.63, 3.8) is 0 Å². The maximum atomic E-state index is 12.0. The molecule has 1 fully saturated rings. The average molecular weight is 335 g/mol. The van der Waals surface area contributed by atoms with Gasteiger partial charge < -0.3 is 20.5 Å². The number of carbonyl (C=O) groups excluding carboxylic acids is 2. The van der Waals surface area contributed by atoms with Gasteiger partial charge in [0, 0.05) is 24.3 Å². The number of hydrogen-bond acceptors (Lipinski definition) is 5. The van der Waals surface area contributed by atoms with Crippen LogP contribution in [0.3, 0.4) is 0 Å². The molecule has 0 aromatic carbocycles. The van der Waals surface area contributed by atoms with E-state index in [1.54, 1.807) is 26.8 Å². The lowest BCUT2D eigenvalue weighted by molar-refractivity contribution is 0.00628. The highest BCUT2D eigenvalue weighted by atomic mass is 16.6. The van der Waals surface area contributed by atoms with Crippen LogP contribution in [0, 0.1) is 5.92 Å². The molecule has 0 spiro atoms. The summed E-state index contributed by atoms with van der Waals surface area (Å²) < 4.78 is 5.25. The number of hydrogen-bond donors (Lipinski definition) is 3. The molecule has 2 amide bonds. The number of nitrogens with one attached hydrogen (secondary N) is 2. The van der Waals surface area contributed by atoms with Crippen LogP contribution in [0.25, 0.3) is 0 Å². The number of ether oxygens (including phenoxy) is 1. The van der Waals surface area contributed by atoms with Gasteiger partial charge >= 0.3 is 12.0 Å². The Morgan fingerprint density at radius 2 is 2.12 bits per heavy atom. The molecule has 1 heterocycles. The quantitative estimate of drug-likeness (QED) is 0.733. The van der Waals surface area contributed by atoms with Gasteiger partial charge in [-0.05, 0) is 45.7 Å². The van der Waals surface area contributed by atoms with Crippen LogP contribution >= 0.6 is 0 Å². The van der Waals surface area contributed by atoms with E-state index in [1.165, 1.54) is 12.3 Å². The van der Waals surface area contributed by atoms with Gasteiger partial charge in [-0.15, -0.1) is 0 Å². The molecule has 2 rings (SSSR count). The molecule has 132 valence electrons. The fourth-order valence-electron chi connectivity index (χ4n) is 2.60. The molecule has 7 heteroatoms. The van der Waals surface area contributed by atoms with Gasteiger partial charge in [0.2, 0.25) is 0 Å². The van der Waals surface area contributed by atoms with Gasteiger partial charge in [-0.1, -0.05) is 6.42 Å². The van der Waals surface area contributed by atoms with Gasteiger partial charge in [-0.2, -0.15) is 0 Å². The zero-order valence-electron chi connectivity index (χ0n) is 14.3. The predicted octanol–water partition coefficient (Wildman–Crippen LogP) is 2.32. The molecule has 2 unspecified atom stereocenters. The van der Waals surface area contributed by atoms with Gasteiger partial charge in [0.25, 0.3) is 0 Å². The van der Waals surface area contributed by atoms with E-state index in [4.69, 9.17) is 4.74 Å². The Balaban J connectivity index is 1.89. The minimum atomic E-state index is -0.609. The molecule has 0 bridgehead atoms. The number of aliphatic hydroxyl groups is 1. The van der Waals surface area contributed by atoms with E-state index in [2.05, 4.69) is 15.6 Å². The predicted molar refractivity (Wildman–Crippen MR) is 89.8 cm³/mol. The number of rotatable bonds is 4. The summed E-state index contributed by atoms with van der Waals surface area (Å²) in [4.78, 5) is 27.9. The van der Waals surface area contributed by atoms with Crippen molar-refractivity contribution in [1.82, 2.24) is 10.3 Å². The molecular formula is C17H25N3O4. The molecule has 0 aliphatic heterocycles. The number of anilines is 1. The number of urea groups is 1. The molecule has 0 radical (unpaired) electrons. The topological polar surface area (TPSA) is 101 Å². The number of carbonyl (C=O) groups is 2. The van der Waals surface area contributed by atoms with Crippen molar-refractivity contribution in [2.75, 3.05) is 11.9 Å². The van der Waals surface area contributed by atoms with Crippen molar-refractivity contribution < 1.29 is 19.4 Å². The van der Waals surface area contributed by atoms with Crippen LogP contribution in [0.4, 0.5) is 10.5 Å². The summed E-state index contributed by atoms with van der Waals surface area (Å²) in [6.07, 6.45) is 3.79. The first-order chi connectivity index (χ1) is 11.2. The fourth-order valence-corrected chi connectivity index (χ4v) is 2.60. The SMILES string of the molecule is CC(C)(C)OC(=O)c1cc(NC(=O)NCC2CCCC2O)ccn1. The molecule has 7 nitrogen and oxygen atoms in total. The van der Waals surface area contributed by atoms with Gasteiger partial charge in [0.1, 0.15) is 11.3 Å². The number of amides is 2. The highest BCUT2D eigenvalue weighted by Gasteiger charge is 2.25. The smallest absolute Gasteiger partial charge is 0.357 e. The third-order valence-corrected chi connectivity index (χ3v) is 3.77. The van der Waals surface area contributed by atoms with Crippen LogP contribution in [-0.2, 0) is 4.74 Å². The summed E-state index contributed by atoms with van der Waals surface area (Å²) in [5.74, 6) is -0.439.